The number of carbonyl (C=O) groups excluding carboxylic acids is 2. The number of ether oxygens (including phenoxy) is 1. The van der Waals surface area contributed by atoms with Crippen LogP contribution in [0.2, 0.25) is 0 Å². The quantitative estimate of drug-likeness (QED) is 0.0205. The Balaban J connectivity index is 5.37. The Morgan fingerprint density at radius 2 is 0.928 bits per heavy atom. The van der Waals surface area contributed by atoms with Gasteiger partial charge in [0.05, 0.1) is 33.8 Å². The van der Waals surface area contributed by atoms with E-state index in [4.69, 9.17) is 13.8 Å². The van der Waals surface area contributed by atoms with E-state index in [0.29, 0.717) is 23.9 Å². The van der Waals surface area contributed by atoms with Crippen LogP contribution in [0.25, 0.3) is 0 Å². The van der Waals surface area contributed by atoms with Crippen molar-refractivity contribution in [2.45, 2.75) is 277 Å². The Morgan fingerprint density at radius 1 is 0.522 bits per heavy atom. The fourth-order valence-electron chi connectivity index (χ4n) is 8.31. The molecule has 0 fully saturated rings. The summed E-state index contributed by atoms with van der Waals surface area (Å²) in [6, 6.07) is -0.854. The van der Waals surface area contributed by atoms with E-state index in [1.54, 1.807) is 0 Å². The van der Waals surface area contributed by atoms with Crippen LogP contribution in [0.1, 0.15) is 265 Å². The number of allylic oxidation sites excluding steroid dienone is 7. The van der Waals surface area contributed by atoms with Crippen molar-refractivity contribution < 1.29 is 37.3 Å². The number of rotatable bonds is 52. The van der Waals surface area contributed by atoms with E-state index in [0.717, 1.165) is 83.5 Å². The van der Waals surface area contributed by atoms with Crippen molar-refractivity contribution in [3.8, 4) is 0 Å². The van der Waals surface area contributed by atoms with Crippen molar-refractivity contribution in [1.82, 2.24) is 5.32 Å². The summed E-state index contributed by atoms with van der Waals surface area (Å²) in [4.78, 5) is 37.6. The highest BCUT2D eigenvalue weighted by Gasteiger charge is 2.30. The van der Waals surface area contributed by atoms with Crippen LogP contribution in [0.3, 0.4) is 0 Å². The lowest BCUT2D eigenvalue weighted by Crippen LogP contribution is -2.47. The molecule has 0 saturated heterocycles. The van der Waals surface area contributed by atoms with Gasteiger partial charge in [0.15, 0.2) is 0 Å². The first kappa shape index (κ1) is 67.0. The summed E-state index contributed by atoms with van der Waals surface area (Å²) in [7, 11) is 1.49. The molecule has 0 aromatic rings. The van der Waals surface area contributed by atoms with E-state index in [1.165, 1.54) is 141 Å². The zero-order chi connectivity index (χ0) is 50.8. The third-order valence-corrected chi connectivity index (χ3v) is 13.8. The normalized spacial score (nSPS) is 14.1. The number of carbonyl (C=O) groups is 2. The van der Waals surface area contributed by atoms with Crippen LogP contribution in [0.5, 0.6) is 0 Å². The minimum atomic E-state index is -4.45. The third kappa shape index (κ3) is 50.7. The van der Waals surface area contributed by atoms with Crippen LogP contribution in [-0.4, -0.2) is 74.3 Å². The van der Waals surface area contributed by atoms with Crippen molar-refractivity contribution in [2.75, 3.05) is 40.9 Å². The van der Waals surface area contributed by atoms with Gasteiger partial charge in [-0.1, -0.05) is 237 Å². The van der Waals surface area contributed by atoms with E-state index in [2.05, 4.69) is 62.5 Å². The Kier molecular flexibility index (Phi) is 48.1. The zero-order valence-corrected chi connectivity index (χ0v) is 47.0. The van der Waals surface area contributed by atoms with Gasteiger partial charge in [0, 0.05) is 12.8 Å². The number of quaternary nitrogens is 1. The number of hydrogen-bond acceptors (Lipinski definition) is 6. The van der Waals surface area contributed by atoms with Crippen LogP contribution in [-0.2, 0) is 27.9 Å². The van der Waals surface area contributed by atoms with Gasteiger partial charge in [0.2, 0.25) is 5.91 Å². The zero-order valence-electron chi connectivity index (χ0n) is 46.1. The fourth-order valence-corrected chi connectivity index (χ4v) is 9.04. The highest BCUT2D eigenvalue weighted by atomic mass is 31.2. The van der Waals surface area contributed by atoms with Gasteiger partial charge in [-0.05, 0) is 63.9 Å². The molecule has 10 heteroatoms. The first-order chi connectivity index (χ1) is 33.4. The highest BCUT2D eigenvalue weighted by molar-refractivity contribution is 7.47. The number of nitrogens with zero attached hydrogens (tertiary/aromatic N) is 1. The van der Waals surface area contributed by atoms with Crippen LogP contribution >= 0.6 is 7.82 Å². The Labute approximate surface area is 427 Å². The second-order valence-electron chi connectivity index (χ2n) is 20.8. The number of likely N-dealkylation sites (N-methyl/N-ethyl adjacent to an activating group) is 1. The van der Waals surface area contributed by atoms with Crippen molar-refractivity contribution in [3.63, 3.8) is 0 Å². The maximum atomic E-state index is 13.5. The van der Waals surface area contributed by atoms with Crippen molar-refractivity contribution in [2.24, 2.45) is 0 Å². The average molecular weight is 993 g/mol. The van der Waals surface area contributed by atoms with E-state index >= 15 is 0 Å². The molecule has 0 aliphatic heterocycles. The molecule has 0 aromatic heterocycles. The van der Waals surface area contributed by atoms with Gasteiger partial charge in [-0.3, -0.25) is 18.6 Å². The molecule has 69 heavy (non-hydrogen) atoms. The molecule has 0 saturated carbocycles. The Bertz CT molecular complexity index is 1330. The molecule has 3 unspecified atom stereocenters. The van der Waals surface area contributed by atoms with E-state index < -0.39 is 20.0 Å². The number of nitrogens with one attached hydrogen (secondary N) is 1. The number of phosphoric acid groups is 1. The summed E-state index contributed by atoms with van der Waals surface area (Å²) in [5, 5.41) is 3.05. The summed E-state index contributed by atoms with van der Waals surface area (Å²) in [6.45, 7) is 6.90. The Morgan fingerprint density at radius 3 is 1.39 bits per heavy atom. The highest BCUT2D eigenvalue weighted by Crippen LogP contribution is 2.43. The maximum absolute atomic E-state index is 13.5. The topological polar surface area (TPSA) is 111 Å². The SMILES string of the molecule is CC/C=C/C/C=C/C/C=C/CCCCCCC(=O)OC(/C=C/CCCCCCCCCCCCC)C(COP(=O)(O)OCC[N+](C)(C)C)NC(=O)CCCCCCCCCCCCCCCCCC. The summed E-state index contributed by atoms with van der Waals surface area (Å²) in [5.41, 5.74) is 0. The monoisotopic (exact) mass is 992 g/mol. The molecule has 0 bridgehead atoms. The molecule has 3 atom stereocenters. The molecule has 0 aromatic carbocycles. The minimum absolute atomic E-state index is 0.0374. The molecule has 9 nitrogen and oxygen atoms in total. The summed E-state index contributed by atoms with van der Waals surface area (Å²) < 4.78 is 30.6. The van der Waals surface area contributed by atoms with Crippen LogP contribution in [0.15, 0.2) is 48.6 Å². The van der Waals surface area contributed by atoms with Crippen molar-refractivity contribution >= 4 is 19.7 Å². The molecule has 0 radical (unpaired) electrons. The van der Waals surface area contributed by atoms with Crippen molar-refractivity contribution in [3.05, 3.63) is 48.6 Å². The lowest BCUT2D eigenvalue weighted by molar-refractivity contribution is -0.870. The van der Waals surface area contributed by atoms with E-state index in [-0.39, 0.29) is 31.5 Å². The van der Waals surface area contributed by atoms with Gasteiger partial charge in [0.25, 0.3) is 0 Å². The molecule has 0 spiro atoms. The predicted octanol–water partition coefficient (Wildman–Crippen LogP) is 17.3. The number of phosphoric ester groups is 1. The predicted molar refractivity (Wildman–Crippen MR) is 295 cm³/mol. The van der Waals surface area contributed by atoms with Crippen LogP contribution in [0, 0.1) is 0 Å². The van der Waals surface area contributed by atoms with Gasteiger partial charge < -0.3 is 19.4 Å². The van der Waals surface area contributed by atoms with Gasteiger partial charge in [0.1, 0.15) is 19.3 Å². The standard InChI is InChI=1S/C59H111N2O7P/c1-7-10-13-16-19-22-25-28-30-31-33-36-39-42-45-48-51-58(62)60-56(55-67-69(64,65)66-54-53-61(4,5)6)57(50-47-44-41-38-35-32-27-24-21-18-15-12-9-3)68-59(63)52-49-46-43-40-37-34-29-26-23-20-17-14-11-8-2/h11,14,20,23,29,34,47,50,56-57H,7-10,12-13,15-19,21-22,24-28,30-33,35-46,48-49,51-55H2,1-6H3,(H-,60,62,64,65)/p+1/b14-11+,23-20+,34-29+,50-47+. The molecule has 0 aliphatic rings. The molecule has 1 amide bonds. The molecule has 2 N–H and O–H groups in total. The number of esters is 1. The fraction of sp³-hybridized carbons (Fsp3) is 0.831. The first-order valence-electron chi connectivity index (χ1n) is 29.0. The lowest BCUT2D eigenvalue weighted by atomic mass is 10.0. The lowest BCUT2D eigenvalue weighted by Gasteiger charge is -2.27. The van der Waals surface area contributed by atoms with Crippen LogP contribution in [0.4, 0.5) is 0 Å². The third-order valence-electron chi connectivity index (χ3n) is 12.8. The average Bonchev–Trinajstić information content (AvgIpc) is 3.31. The summed E-state index contributed by atoms with van der Waals surface area (Å²) in [5.74, 6) is -0.523. The van der Waals surface area contributed by atoms with E-state index in [9.17, 15) is 19.0 Å². The maximum Gasteiger partial charge on any atom is 0.472 e. The smallest absolute Gasteiger partial charge is 0.456 e. The molecular weight excluding hydrogens is 880 g/mol. The van der Waals surface area contributed by atoms with Gasteiger partial charge >= 0.3 is 13.8 Å². The number of hydrogen-bond donors (Lipinski definition) is 2. The van der Waals surface area contributed by atoms with Crippen LogP contribution < -0.4 is 5.32 Å². The number of amides is 1. The van der Waals surface area contributed by atoms with Gasteiger partial charge in [-0.15, -0.1) is 0 Å². The van der Waals surface area contributed by atoms with E-state index in [1.807, 2.05) is 33.3 Å². The summed E-state index contributed by atoms with van der Waals surface area (Å²) >= 11 is 0. The minimum Gasteiger partial charge on any atom is -0.456 e. The molecule has 0 heterocycles. The largest absolute Gasteiger partial charge is 0.472 e. The molecule has 0 aliphatic carbocycles. The van der Waals surface area contributed by atoms with Crippen molar-refractivity contribution in [1.29, 1.82) is 0 Å². The second kappa shape index (κ2) is 49.5. The Hall–Kier alpha value is -2.03. The van der Waals surface area contributed by atoms with Gasteiger partial charge in [-0.2, -0.15) is 0 Å². The second-order valence-corrected chi connectivity index (χ2v) is 22.2. The molecule has 404 valence electrons. The summed E-state index contributed by atoms with van der Waals surface area (Å²) in [6.07, 6.45) is 59.6. The molecular formula is C59H112N2O7P+. The number of unbranched alkanes of at least 4 members (excludes halogenated alkanes) is 30. The molecule has 0 rings (SSSR count). The van der Waals surface area contributed by atoms with Gasteiger partial charge in [-0.25, -0.2) is 4.57 Å². The first-order valence-corrected chi connectivity index (χ1v) is 30.5.